The predicted molar refractivity (Wildman–Crippen MR) is 232 cm³/mol. The van der Waals surface area contributed by atoms with E-state index in [9.17, 15) is 19.2 Å². The normalized spacial score (nSPS) is 13.9. The van der Waals surface area contributed by atoms with Crippen LogP contribution in [0.1, 0.15) is 84.9 Å². The second-order valence-electron chi connectivity index (χ2n) is 15.2. The number of nitrogens with zero attached hydrogens (tertiary/aromatic N) is 4. The number of unbranched alkanes of at least 4 members (excludes halogenated alkanes) is 1. The lowest BCUT2D eigenvalue weighted by molar-refractivity contribution is -0.139. The minimum atomic E-state index is -0.940. The lowest BCUT2D eigenvalue weighted by atomic mass is 9.97. The van der Waals surface area contributed by atoms with Gasteiger partial charge in [-0.15, -0.1) is 0 Å². The van der Waals surface area contributed by atoms with E-state index in [1.54, 1.807) is 16.7 Å². The van der Waals surface area contributed by atoms with Gasteiger partial charge in [0.25, 0.3) is 0 Å². The van der Waals surface area contributed by atoms with E-state index < -0.39 is 36.4 Å². The molecule has 0 bridgehead atoms. The number of hydrogen-bond donors (Lipinski definition) is 4. The van der Waals surface area contributed by atoms with Gasteiger partial charge >= 0.3 is 12.2 Å². The van der Waals surface area contributed by atoms with E-state index in [4.69, 9.17) is 24.2 Å². The summed E-state index contributed by atoms with van der Waals surface area (Å²) in [5.74, 6) is 0.753. The molecule has 4 N–H and O–H groups in total. The van der Waals surface area contributed by atoms with E-state index in [0.717, 1.165) is 63.5 Å². The number of fused-ring (bicyclic) bond motifs is 2. The van der Waals surface area contributed by atoms with Crippen molar-refractivity contribution in [2.24, 2.45) is 5.92 Å². The average Bonchev–Trinajstić information content (AvgIpc) is 3.93. The van der Waals surface area contributed by atoms with Gasteiger partial charge in [0.05, 0.1) is 49.6 Å². The Hall–Kier alpha value is -5.96. The van der Waals surface area contributed by atoms with Crippen LogP contribution in [0.2, 0.25) is 0 Å². The number of rotatable bonds is 19. The van der Waals surface area contributed by atoms with Crippen LogP contribution in [0.4, 0.5) is 9.59 Å². The Labute approximate surface area is 351 Å². The van der Waals surface area contributed by atoms with Gasteiger partial charge in [-0.25, -0.2) is 19.6 Å². The fraction of sp³-hybridized carbons (Fsp3) is 0.467. The minimum absolute atomic E-state index is 0.0796. The molecule has 322 valence electrons. The van der Waals surface area contributed by atoms with Crippen LogP contribution in [0.15, 0.2) is 60.8 Å². The number of imidazole rings is 2. The summed E-state index contributed by atoms with van der Waals surface area (Å²) in [7, 11) is 4.04. The first-order valence-corrected chi connectivity index (χ1v) is 20.8. The number of ether oxygens (including phenoxy) is 3. The van der Waals surface area contributed by atoms with Crippen molar-refractivity contribution >= 4 is 45.8 Å². The number of aromatic amines is 2. The first kappa shape index (κ1) is 45.1. The number of methoxy groups -OCH3 is 3. The van der Waals surface area contributed by atoms with Crippen LogP contribution in [0, 0.1) is 5.92 Å². The quantitative estimate of drug-likeness (QED) is 0.0647. The fourth-order valence-electron chi connectivity index (χ4n) is 7.22. The molecule has 0 aliphatic carbocycles. The van der Waals surface area contributed by atoms with Gasteiger partial charge in [0.1, 0.15) is 23.7 Å². The van der Waals surface area contributed by atoms with Crippen molar-refractivity contribution in [3.05, 3.63) is 72.4 Å². The van der Waals surface area contributed by atoms with Gasteiger partial charge in [-0.2, -0.15) is 0 Å². The maximum absolute atomic E-state index is 13.8. The van der Waals surface area contributed by atoms with Crippen LogP contribution in [0.3, 0.4) is 0 Å². The van der Waals surface area contributed by atoms with Gasteiger partial charge in [-0.05, 0) is 78.8 Å². The van der Waals surface area contributed by atoms with Crippen LogP contribution in [-0.2, 0) is 30.3 Å². The third-order valence-electron chi connectivity index (χ3n) is 11.1. The van der Waals surface area contributed by atoms with E-state index in [0.29, 0.717) is 31.2 Å². The Bertz CT molecular complexity index is 2250. The molecule has 2 aromatic heterocycles. The zero-order valence-corrected chi connectivity index (χ0v) is 36.3. The van der Waals surface area contributed by atoms with Crippen LogP contribution < -0.4 is 10.6 Å². The maximum atomic E-state index is 13.8. The molecule has 0 aliphatic heterocycles. The summed E-state index contributed by atoms with van der Waals surface area (Å²) < 4.78 is 15.0. The molecule has 60 heavy (non-hydrogen) atoms. The van der Waals surface area contributed by atoms with Crippen molar-refractivity contribution in [2.45, 2.75) is 98.0 Å². The second kappa shape index (κ2) is 20.8. The first-order valence-electron chi connectivity index (χ1n) is 20.8. The van der Waals surface area contributed by atoms with Crippen molar-refractivity contribution < 1.29 is 33.4 Å². The van der Waals surface area contributed by atoms with E-state index in [1.807, 2.05) is 52.1 Å². The molecular formula is C45H60N8O7. The SMILES string of the molecule is CCCCN(Cc1nc2cc(-c3ccc4cc(-c5c[nH]c([C@H](C)N(CCC)C(=O)[C@@H](NC(=O)OC)[C@@H](C)OC)n5)ccc4c3)ccc2[nH]1)C(=O)[C@@H](NC(=O)OC)[C@@H](C)CC. The van der Waals surface area contributed by atoms with Crippen molar-refractivity contribution in [1.29, 1.82) is 0 Å². The van der Waals surface area contributed by atoms with E-state index in [-0.39, 0.29) is 24.3 Å². The van der Waals surface area contributed by atoms with Crippen LogP contribution in [0.5, 0.6) is 0 Å². The first-order chi connectivity index (χ1) is 28.8. The smallest absolute Gasteiger partial charge is 0.407 e. The minimum Gasteiger partial charge on any atom is -0.453 e. The van der Waals surface area contributed by atoms with Crippen LogP contribution in [0.25, 0.3) is 44.2 Å². The van der Waals surface area contributed by atoms with Gasteiger partial charge in [-0.1, -0.05) is 70.9 Å². The van der Waals surface area contributed by atoms with Crippen molar-refractivity contribution in [1.82, 2.24) is 40.4 Å². The second-order valence-corrected chi connectivity index (χ2v) is 15.2. The number of nitrogens with one attached hydrogen (secondary N) is 4. The number of H-pyrrole nitrogens is 2. The van der Waals surface area contributed by atoms with Crippen molar-refractivity contribution in [3.63, 3.8) is 0 Å². The number of carbonyl (C=O) groups excluding carboxylic acids is 4. The standard InChI is InChI=1S/C45H60N8O7/c1-10-13-21-52(42(54)39(27(4)12-3)50-44(56)59-8)26-38-47-35-19-18-33(24-36(35)48-38)31-14-15-32-23-34(17-16-30(32)22-31)37-25-46-41(49-37)28(5)53(20-11-2)43(55)40(29(6)58-7)51-45(57)60-9/h14-19,22-25,27-29,39-40H,10-13,20-21,26H2,1-9H3,(H,46,49)(H,47,48)(H,50,56)(H,51,57)/t27-,28-,29+,39-,40-/m0/s1. The molecule has 0 radical (unpaired) electrons. The Morgan fingerprint density at radius 1 is 0.750 bits per heavy atom. The fourth-order valence-corrected chi connectivity index (χ4v) is 7.22. The number of aromatic nitrogens is 4. The van der Waals surface area contributed by atoms with Gasteiger partial charge < -0.3 is 44.6 Å². The lowest BCUT2D eigenvalue weighted by Gasteiger charge is -2.33. The molecule has 0 fully saturated rings. The van der Waals surface area contributed by atoms with E-state index in [2.05, 4.69) is 63.9 Å². The number of hydrogen-bond acceptors (Lipinski definition) is 9. The Kier molecular flexibility index (Phi) is 15.7. The van der Waals surface area contributed by atoms with Gasteiger partial charge in [0.15, 0.2) is 0 Å². The lowest BCUT2D eigenvalue weighted by Crippen LogP contribution is -2.54. The van der Waals surface area contributed by atoms with Crippen LogP contribution in [-0.4, -0.2) is 106 Å². The van der Waals surface area contributed by atoms with Crippen molar-refractivity contribution in [3.8, 4) is 22.4 Å². The van der Waals surface area contributed by atoms with Gasteiger partial charge in [-0.3, -0.25) is 9.59 Å². The summed E-state index contributed by atoms with van der Waals surface area (Å²) in [6.07, 6.45) is 3.08. The highest BCUT2D eigenvalue weighted by Crippen LogP contribution is 2.31. The van der Waals surface area contributed by atoms with E-state index in [1.165, 1.54) is 21.3 Å². The molecule has 0 saturated carbocycles. The summed E-state index contributed by atoms with van der Waals surface area (Å²) in [5, 5.41) is 7.47. The third-order valence-corrected chi connectivity index (χ3v) is 11.1. The Morgan fingerprint density at radius 2 is 1.38 bits per heavy atom. The summed E-state index contributed by atoms with van der Waals surface area (Å²) in [6.45, 7) is 12.9. The van der Waals surface area contributed by atoms with Crippen LogP contribution >= 0.6 is 0 Å². The highest BCUT2D eigenvalue weighted by molar-refractivity contribution is 5.92. The number of alkyl carbamates (subject to hydrolysis) is 2. The number of amides is 4. The summed E-state index contributed by atoms with van der Waals surface area (Å²) >= 11 is 0. The number of benzene rings is 3. The highest BCUT2D eigenvalue weighted by atomic mass is 16.5. The molecule has 5 rings (SSSR count). The van der Waals surface area contributed by atoms with Gasteiger partial charge in [0.2, 0.25) is 11.8 Å². The zero-order valence-electron chi connectivity index (χ0n) is 36.3. The largest absolute Gasteiger partial charge is 0.453 e. The zero-order chi connectivity index (χ0) is 43.5. The Morgan fingerprint density at radius 3 is 2.02 bits per heavy atom. The molecule has 0 saturated heterocycles. The molecule has 5 atom stereocenters. The molecule has 0 spiro atoms. The molecule has 4 amide bonds. The molecule has 0 aliphatic rings. The molecule has 2 heterocycles. The van der Waals surface area contributed by atoms with Gasteiger partial charge in [0, 0.05) is 32.0 Å². The van der Waals surface area contributed by atoms with Crippen molar-refractivity contribution in [2.75, 3.05) is 34.4 Å². The summed E-state index contributed by atoms with van der Waals surface area (Å²) in [5.41, 5.74) is 5.36. The summed E-state index contributed by atoms with van der Waals surface area (Å²) in [4.78, 5) is 71.8. The average molecular weight is 825 g/mol. The molecular weight excluding hydrogens is 765 g/mol. The summed E-state index contributed by atoms with van der Waals surface area (Å²) in [6, 6.07) is 16.6. The molecule has 15 nitrogen and oxygen atoms in total. The third kappa shape index (κ3) is 10.6. The molecule has 5 aromatic rings. The topological polar surface area (TPSA) is 184 Å². The molecule has 0 unspecified atom stereocenters. The molecule has 3 aromatic carbocycles. The molecule has 15 heteroatoms. The van der Waals surface area contributed by atoms with E-state index >= 15 is 0 Å². The predicted octanol–water partition coefficient (Wildman–Crippen LogP) is 7.73. The highest BCUT2D eigenvalue weighted by Gasteiger charge is 2.35. The number of carbonyl (C=O) groups is 4. The Balaban J connectivity index is 1.34. The monoisotopic (exact) mass is 824 g/mol. The maximum Gasteiger partial charge on any atom is 0.407 e.